The Hall–Kier alpha value is -2.43. The van der Waals surface area contributed by atoms with E-state index in [1.54, 1.807) is 12.1 Å². The number of benzene rings is 3. The van der Waals surface area contributed by atoms with Gasteiger partial charge >= 0.3 is 0 Å². The summed E-state index contributed by atoms with van der Waals surface area (Å²) in [6.07, 6.45) is 1.64. The summed E-state index contributed by atoms with van der Waals surface area (Å²) in [7, 11) is -3.46. The van der Waals surface area contributed by atoms with E-state index in [2.05, 4.69) is 60.2 Å². The first-order valence-corrected chi connectivity index (χ1v) is 11.1. The molecule has 0 saturated heterocycles. The summed E-state index contributed by atoms with van der Waals surface area (Å²) in [6.45, 7) is 4.46. The number of hydrogen-bond acceptors (Lipinski definition) is 2. The van der Waals surface area contributed by atoms with Crippen LogP contribution < -0.4 is 4.72 Å². The third-order valence-corrected chi connectivity index (χ3v) is 6.42. The zero-order valence-corrected chi connectivity index (χ0v) is 17.2. The van der Waals surface area contributed by atoms with Crippen molar-refractivity contribution in [3.8, 4) is 0 Å². The second kappa shape index (κ2) is 9.18. The van der Waals surface area contributed by atoms with Crippen LogP contribution in [0.2, 0.25) is 0 Å². The molecule has 0 aliphatic rings. The Balaban J connectivity index is 1.67. The van der Waals surface area contributed by atoms with E-state index in [0.29, 0.717) is 11.4 Å². The molecule has 3 aromatic carbocycles. The van der Waals surface area contributed by atoms with E-state index >= 15 is 0 Å². The third-order valence-electron chi connectivity index (χ3n) is 4.94. The summed E-state index contributed by atoms with van der Waals surface area (Å²) in [5, 5.41) is 0. The van der Waals surface area contributed by atoms with Crippen LogP contribution in [-0.2, 0) is 10.0 Å². The van der Waals surface area contributed by atoms with Gasteiger partial charge in [0.25, 0.3) is 0 Å². The molecule has 0 aliphatic carbocycles. The minimum absolute atomic E-state index is 0.255. The summed E-state index contributed by atoms with van der Waals surface area (Å²) in [5.41, 5.74) is 4.81. The molecule has 146 valence electrons. The van der Waals surface area contributed by atoms with Crippen LogP contribution >= 0.6 is 0 Å². The molecule has 1 N–H and O–H groups in total. The molecule has 3 rings (SSSR count). The molecule has 0 aliphatic heterocycles. The van der Waals surface area contributed by atoms with Gasteiger partial charge < -0.3 is 0 Å². The fourth-order valence-corrected chi connectivity index (χ4v) is 4.49. The van der Waals surface area contributed by atoms with Crippen molar-refractivity contribution in [3.63, 3.8) is 0 Å². The molecule has 0 fully saturated rings. The van der Waals surface area contributed by atoms with Gasteiger partial charge in [0.2, 0.25) is 10.0 Å². The van der Waals surface area contributed by atoms with E-state index in [9.17, 15) is 8.42 Å². The summed E-state index contributed by atoms with van der Waals surface area (Å²) >= 11 is 0. The van der Waals surface area contributed by atoms with Crippen LogP contribution in [0.15, 0.2) is 83.8 Å². The lowest BCUT2D eigenvalue weighted by molar-refractivity contribution is 0.572. The summed E-state index contributed by atoms with van der Waals surface area (Å²) in [5.74, 6) is 0.255. The quantitative estimate of drug-likeness (QED) is 0.535. The molecule has 0 amide bonds. The van der Waals surface area contributed by atoms with Crippen LogP contribution in [0.25, 0.3) is 0 Å². The van der Waals surface area contributed by atoms with Crippen LogP contribution in [0.3, 0.4) is 0 Å². The van der Waals surface area contributed by atoms with Crippen molar-refractivity contribution in [2.75, 3.05) is 6.54 Å². The zero-order valence-electron chi connectivity index (χ0n) is 16.4. The minimum Gasteiger partial charge on any atom is -0.211 e. The Bertz CT molecular complexity index is 996. The molecule has 4 heteroatoms. The van der Waals surface area contributed by atoms with Gasteiger partial charge in [0.15, 0.2) is 0 Å². The maximum Gasteiger partial charge on any atom is 0.240 e. The van der Waals surface area contributed by atoms with Crippen molar-refractivity contribution in [1.82, 2.24) is 4.72 Å². The normalized spacial score (nSPS) is 12.6. The topological polar surface area (TPSA) is 46.2 Å². The Kier molecular flexibility index (Phi) is 6.65. The maximum atomic E-state index is 12.5. The van der Waals surface area contributed by atoms with Crippen molar-refractivity contribution in [3.05, 3.63) is 101 Å². The molecule has 28 heavy (non-hydrogen) atoms. The van der Waals surface area contributed by atoms with Gasteiger partial charge in [-0.3, -0.25) is 0 Å². The molecule has 0 radical (unpaired) electrons. The molecule has 3 aromatic rings. The van der Waals surface area contributed by atoms with Gasteiger partial charge in [-0.05, 0) is 49.9 Å². The lowest BCUT2D eigenvalue weighted by Crippen LogP contribution is -2.25. The van der Waals surface area contributed by atoms with Crippen LogP contribution in [0.5, 0.6) is 0 Å². The van der Waals surface area contributed by atoms with Crippen molar-refractivity contribution in [2.24, 2.45) is 0 Å². The highest BCUT2D eigenvalue weighted by Gasteiger charge is 2.16. The SMILES string of the molecule is Cc1ccc(S(=O)(=O)NCCCC(c2ccccc2)c2cccc(C)c2)cc1. The van der Waals surface area contributed by atoms with Crippen molar-refractivity contribution in [1.29, 1.82) is 0 Å². The molecule has 0 saturated carbocycles. The molecular weight excluding hydrogens is 366 g/mol. The number of rotatable bonds is 8. The third kappa shape index (κ3) is 5.31. The van der Waals surface area contributed by atoms with E-state index in [-0.39, 0.29) is 5.92 Å². The first kappa shape index (κ1) is 20.3. The zero-order chi connectivity index (χ0) is 20.0. The van der Waals surface area contributed by atoms with Crippen LogP contribution in [0.1, 0.15) is 41.0 Å². The van der Waals surface area contributed by atoms with Gasteiger partial charge in [0, 0.05) is 12.5 Å². The largest absolute Gasteiger partial charge is 0.240 e. The van der Waals surface area contributed by atoms with Gasteiger partial charge in [-0.25, -0.2) is 13.1 Å². The highest BCUT2D eigenvalue weighted by Crippen LogP contribution is 2.29. The van der Waals surface area contributed by atoms with Gasteiger partial charge in [0.05, 0.1) is 4.90 Å². The van der Waals surface area contributed by atoms with Crippen LogP contribution in [-0.4, -0.2) is 15.0 Å². The minimum atomic E-state index is -3.46. The number of aryl methyl sites for hydroxylation is 2. The summed E-state index contributed by atoms with van der Waals surface area (Å²) in [4.78, 5) is 0.316. The summed E-state index contributed by atoms with van der Waals surface area (Å²) in [6, 6.07) is 25.9. The molecule has 3 nitrogen and oxygen atoms in total. The number of hydrogen-bond donors (Lipinski definition) is 1. The Morgan fingerprint density at radius 3 is 2.14 bits per heavy atom. The van der Waals surface area contributed by atoms with Crippen LogP contribution in [0.4, 0.5) is 0 Å². The monoisotopic (exact) mass is 393 g/mol. The average Bonchev–Trinajstić information content (AvgIpc) is 2.69. The lowest BCUT2D eigenvalue weighted by Gasteiger charge is -2.19. The highest BCUT2D eigenvalue weighted by molar-refractivity contribution is 7.89. The Morgan fingerprint density at radius 2 is 1.46 bits per heavy atom. The second-order valence-corrected chi connectivity index (χ2v) is 9.00. The highest BCUT2D eigenvalue weighted by atomic mass is 32.2. The molecule has 1 atom stereocenters. The lowest BCUT2D eigenvalue weighted by atomic mass is 9.87. The second-order valence-electron chi connectivity index (χ2n) is 7.23. The molecule has 0 spiro atoms. The predicted molar refractivity (Wildman–Crippen MR) is 115 cm³/mol. The average molecular weight is 394 g/mol. The van der Waals surface area contributed by atoms with E-state index in [1.807, 2.05) is 25.1 Å². The van der Waals surface area contributed by atoms with Gasteiger partial charge in [-0.2, -0.15) is 0 Å². The fraction of sp³-hybridized carbons (Fsp3) is 0.250. The van der Waals surface area contributed by atoms with Gasteiger partial charge in [-0.1, -0.05) is 77.9 Å². The predicted octanol–water partition coefficient (Wildman–Crippen LogP) is 5.19. The van der Waals surface area contributed by atoms with Gasteiger partial charge in [-0.15, -0.1) is 0 Å². The Morgan fingerprint density at radius 1 is 0.786 bits per heavy atom. The maximum absolute atomic E-state index is 12.5. The van der Waals surface area contributed by atoms with E-state index in [0.717, 1.165) is 18.4 Å². The molecular formula is C24H27NO2S. The Labute approximate surface area is 168 Å². The molecule has 0 bridgehead atoms. The van der Waals surface area contributed by atoms with E-state index in [1.165, 1.54) is 16.7 Å². The first-order chi connectivity index (χ1) is 13.5. The van der Waals surface area contributed by atoms with E-state index in [4.69, 9.17) is 0 Å². The van der Waals surface area contributed by atoms with Crippen molar-refractivity contribution in [2.45, 2.75) is 37.5 Å². The molecule has 0 aromatic heterocycles. The van der Waals surface area contributed by atoms with Crippen molar-refractivity contribution < 1.29 is 8.42 Å². The summed E-state index contributed by atoms with van der Waals surface area (Å²) < 4.78 is 27.7. The van der Waals surface area contributed by atoms with E-state index < -0.39 is 10.0 Å². The first-order valence-electron chi connectivity index (χ1n) is 9.63. The molecule has 1 unspecified atom stereocenters. The fourth-order valence-electron chi connectivity index (χ4n) is 3.41. The van der Waals surface area contributed by atoms with Gasteiger partial charge in [0.1, 0.15) is 0 Å². The number of sulfonamides is 1. The van der Waals surface area contributed by atoms with Crippen molar-refractivity contribution >= 4 is 10.0 Å². The smallest absolute Gasteiger partial charge is 0.211 e. The molecule has 0 heterocycles. The standard InChI is InChI=1S/C24H27NO2S/c1-19-13-15-23(16-14-19)28(26,27)25-17-7-12-24(21-9-4-3-5-10-21)22-11-6-8-20(2)18-22/h3-6,8-11,13-16,18,24-25H,7,12,17H2,1-2H3. The van der Waals surface area contributed by atoms with Crippen LogP contribution in [0, 0.1) is 13.8 Å². The number of nitrogens with one attached hydrogen (secondary N) is 1.